The molecule has 0 amide bonds. The van der Waals surface area contributed by atoms with Crippen LogP contribution < -0.4 is 0 Å². The van der Waals surface area contributed by atoms with Crippen molar-refractivity contribution < 1.29 is 8.91 Å². The minimum Gasteiger partial charge on any atom is -0.338 e. The molecule has 1 aliphatic heterocycles. The number of halogens is 1. The fraction of sp³-hybridized carbons (Fsp3) is 0.471. The molecular formula is C17H20FN5O. The van der Waals surface area contributed by atoms with Gasteiger partial charge in [-0.05, 0) is 26.0 Å². The molecule has 7 heteroatoms. The number of rotatable bonds is 4. The Bertz CT molecular complexity index is 746. The minimum absolute atomic E-state index is 0.0833. The lowest BCUT2D eigenvalue weighted by Crippen LogP contribution is -2.46. The van der Waals surface area contributed by atoms with E-state index in [0.29, 0.717) is 29.4 Å². The maximum atomic E-state index is 14.0. The highest BCUT2D eigenvalue weighted by Gasteiger charge is 2.25. The van der Waals surface area contributed by atoms with Crippen molar-refractivity contribution in [1.82, 2.24) is 19.9 Å². The van der Waals surface area contributed by atoms with E-state index >= 15 is 0 Å². The molecule has 24 heavy (non-hydrogen) atoms. The van der Waals surface area contributed by atoms with Crippen molar-refractivity contribution >= 4 is 0 Å². The van der Waals surface area contributed by atoms with E-state index in [2.05, 4.69) is 26.9 Å². The first-order valence-electron chi connectivity index (χ1n) is 8.02. The molecule has 0 aliphatic carbocycles. The molecule has 0 bridgehead atoms. The summed E-state index contributed by atoms with van der Waals surface area (Å²) in [6.07, 6.45) is 0. The number of nitriles is 1. The van der Waals surface area contributed by atoms with Crippen molar-refractivity contribution in [2.75, 3.05) is 26.2 Å². The molecule has 1 aliphatic rings. The minimum atomic E-state index is -0.314. The molecule has 2 aromatic rings. The third-order valence-electron chi connectivity index (χ3n) is 4.43. The van der Waals surface area contributed by atoms with Crippen molar-refractivity contribution in [2.45, 2.75) is 26.4 Å². The molecule has 0 unspecified atom stereocenters. The van der Waals surface area contributed by atoms with Gasteiger partial charge in [0, 0.05) is 38.3 Å². The van der Waals surface area contributed by atoms with E-state index in [9.17, 15) is 4.39 Å². The second-order valence-corrected chi connectivity index (χ2v) is 6.09. The summed E-state index contributed by atoms with van der Waals surface area (Å²) in [5, 5.41) is 12.6. The van der Waals surface area contributed by atoms with Crippen molar-refractivity contribution in [1.29, 1.82) is 5.26 Å². The topological polar surface area (TPSA) is 69.2 Å². The smallest absolute Gasteiger partial charge is 0.243 e. The van der Waals surface area contributed by atoms with E-state index in [-0.39, 0.29) is 11.9 Å². The first-order valence-corrected chi connectivity index (χ1v) is 8.02. The number of aromatic nitrogens is 2. The highest BCUT2D eigenvalue weighted by molar-refractivity contribution is 5.32. The Kier molecular flexibility index (Phi) is 4.88. The molecule has 0 N–H and O–H groups in total. The zero-order chi connectivity index (χ0) is 17.1. The second kappa shape index (κ2) is 7.07. The number of aryl methyl sites for hydroxylation is 1. The highest BCUT2D eigenvalue weighted by Crippen LogP contribution is 2.21. The molecule has 126 valence electrons. The van der Waals surface area contributed by atoms with Gasteiger partial charge < -0.3 is 4.52 Å². The predicted molar refractivity (Wildman–Crippen MR) is 85.4 cm³/mol. The van der Waals surface area contributed by atoms with Crippen LogP contribution >= 0.6 is 0 Å². The number of benzene rings is 1. The van der Waals surface area contributed by atoms with E-state index in [1.54, 1.807) is 12.1 Å². The van der Waals surface area contributed by atoms with Crippen LogP contribution in [0.3, 0.4) is 0 Å². The quantitative estimate of drug-likeness (QED) is 0.857. The molecule has 1 saturated heterocycles. The summed E-state index contributed by atoms with van der Waals surface area (Å²) in [4.78, 5) is 8.80. The second-order valence-electron chi connectivity index (χ2n) is 6.09. The molecular weight excluding hydrogens is 309 g/mol. The summed E-state index contributed by atoms with van der Waals surface area (Å²) in [5.74, 6) is 0.969. The number of piperazine rings is 1. The lowest BCUT2D eigenvalue weighted by Gasteiger charge is -2.36. The summed E-state index contributed by atoms with van der Waals surface area (Å²) >= 11 is 0. The van der Waals surface area contributed by atoms with Gasteiger partial charge in [-0.1, -0.05) is 11.2 Å². The Labute approximate surface area is 140 Å². The van der Waals surface area contributed by atoms with Crippen LogP contribution in [0.1, 0.15) is 35.8 Å². The lowest BCUT2D eigenvalue weighted by molar-refractivity contribution is 0.0839. The Morgan fingerprint density at radius 2 is 2.08 bits per heavy atom. The van der Waals surface area contributed by atoms with Gasteiger partial charge in [-0.2, -0.15) is 10.2 Å². The standard InChI is InChI=1S/C17H20FN5O/c1-12(17-20-13(2)21-24-17)23-7-5-22(6-8-23)11-15-4-3-14(10-19)9-16(15)18/h3-4,9,12H,5-8,11H2,1-2H3/t12-/m1/s1. The Hall–Kier alpha value is -2.30. The third-order valence-corrected chi connectivity index (χ3v) is 4.43. The van der Waals surface area contributed by atoms with Gasteiger partial charge in [-0.3, -0.25) is 9.80 Å². The molecule has 0 saturated carbocycles. The summed E-state index contributed by atoms with van der Waals surface area (Å²) in [6.45, 7) is 7.83. The predicted octanol–water partition coefficient (Wildman–Crippen LogP) is 2.27. The van der Waals surface area contributed by atoms with Gasteiger partial charge in [0.2, 0.25) is 5.89 Å². The largest absolute Gasteiger partial charge is 0.338 e. The van der Waals surface area contributed by atoms with Crippen LogP contribution in [0.4, 0.5) is 4.39 Å². The number of hydrogen-bond acceptors (Lipinski definition) is 6. The van der Waals surface area contributed by atoms with Crippen molar-refractivity contribution in [3.05, 3.63) is 46.9 Å². The number of hydrogen-bond donors (Lipinski definition) is 0. The van der Waals surface area contributed by atoms with Gasteiger partial charge in [-0.15, -0.1) is 0 Å². The van der Waals surface area contributed by atoms with Crippen molar-refractivity contribution in [3.8, 4) is 6.07 Å². The molecule has 1 fully saturated rings. The average molecular weight is 329 g/mol. The van der Waals surface area contributed by atoms with Crippen LogP contribution in [0.2, 0.25) is 0 Å². The lowest BCUT2D eigenvalue weighted by atomic mass is 10.1. The van der Waals surface area contributed by atoms with Crippen LogP contribution in [0, 0.1) is 24.1 Å². The monoisotopic (exact) mass is 329 g/mol. The van der Waals surface area contributed by atoms with Crippen LogP contribution in [0.25, 0.3) is 0 Å². The average Bonchev–Trinajstić information content (AvgIpc) is 3.03. The Morgan fingerprint density at radius 3 is 2.67 bits per heavy atom. The van der Waals surface area contributed by atoms with Crippen LogP contribution in [0.5, 0.6) is 0 Å². The molecule has 2 heterocycles. The molecule has 0 spiro atoms. The maximum Gasteiger partial charge on any atom is 0.243 e. The van der Waals surface area contributed by atoms with E-state index in [1.165, 1.54) is 6.07 Å². The maximum absolute atomic E-state index is 14.0. The van der Waals surface area contributed by atoms with E-state index < -0.39 is 0 Å². The fourth-order valence-electron chi connectivity index (χ4n) is 2.93. The van der Waals surface area contributed by atoms with E-state index in [0.717, 1.165) is 26.2 Å². The molecule has 6 nitrogen and oxygen atoms in total. The summed E-state index contributed by atoms with van der Waals surface area (Å²) in [6, 6.07) is 6.69. The third kappa shape index (κ3) is 3.61. The zero-order valence-corrected chi connectivity index (χ0v) is 13.9. The van der Waals surface area contributed by atoms with Gasteiger partial charge in [-0.25, -0.2) is 4.39 Å². The van der Waals surface area contributed by atoms with Gasteiger partial charge in [0.1, 0.15) is 5.82 Å². The van der Waals surface area contributed by atoms with Crippen LogP contribution in [-0.4, -0.2) is 46.1 Å². The Balaban J connectivity index is 1.56. The summed E-state index contributed by atoms with van der Waals surface area (Å²) in [7, 11) is 0. The Morgan fingerprint density at radius 1 is 1.33 bits per heavy atom. The SMILES string of the molecule is Cc1noc([C@@H](C)N2CCN(Cc3ccc(C#N)cc3F)CC2)n1. The van der Waals surface area contributed by atoms with Gasteiger partial charge >= 0.3 is 0 Å². The van der Waals surface area contributed by atoms with Crippen molar-refractivity contribution in [2.24, 2.45) is 0 Å². The molecule has 1 aromatic heterocycles. The summed E-state index contributed by atoms with van der Waals surface area (Å²) < 4.78 is 19.3. The van der Waals surface area contributed by atoms with Crippen LogP contribution in [-0.2, 0) is 6.54 Å². The van der Waals surface area contributed by atoms with E-state index in [1.807, 2.05) is 13.0 Å². The van der Waals surface area contributed by atoms with E-state index in [4.69, 9.17) is 9.78 Å². The summed E-state index contributed by atoms with van der Waals surface area (Å²) in [5.41, 5.74) is 0.979. The van der Waals surface area contributed by atoms with Crippen molar-refractivity contribution in [3.63, 3.8) is 0 Å². The molecule has 3 rings (SSSR count). The highest BCUT2D eigenvalue weighted by atomic mass is 19.1. The number of nitrogens with zero attached hydrogens (tertiary/aromatic N) is 5. The van der Waals surface area contributed by atoms with Gasteiger partial charge in [0.05, 0.1) is 17.7 Å². The molecule has 0 radical (unpaired) electrons. The molecule has 1 atom stereocenters. The fourth-order valence-corrected chi connectivity index (χ4v) is 2.93. The van der Waals surface area contributed by atoms with Gasteiger partial charge in [0.25, 0.3) is 0 Å². The molecule has 1 aromatic carbocycles. The zero-order valence-electron chi connectivity index (χ0n) is 13.9. The van der Waals surface area contributed by atoms with Gasteiger partial charge in [0.15, 0.2) is 5.82 Å². The van der Waals surface area contributed by atoms with Crippen LogP contribution in [0.15, 0.2) is 22.7 Å². The first-order chi connectivity index (χ1) is 11.6. The first kappa shape index (κ1) is 16.6. The normalized spacial score (nSPS) is 17.6.